The van der Waals surface area contributed by atoms with Gasteiger partial charge in [0.2, 0.25) is 0 Å². The van der Waals surface area contributed by atoms with Crippen LogP contribution in [-0.4, -0.2) is 22.5 Å². The zero-order valence-electron chi connectivity index (χ0n) is 8.09. The van der Waals surface area contributed by atoms with E-state index in [2.05, 4.69) is 5.16 Å². The lowest BCUT2D eigenvalue weighted by atomic mass is 10.1. The Kier molecular flexibility index (Phi) is 3.43. The SMILES string of the molecule is N/C(=N\O)c1ccc(C2SCCS2)cc1. The fourth-order valence-electron chi connectivity index (χ4n) is 1.42. The fraction of sp³-hybridized carbons (Fsp3) is 0.300. The van der Waals surface area contributed by atoms with Gasteiger partial charge in [-0.25, -0.2) is 0 Å². The van der Waals surface area contributed by atoms with Crippen LogP contribution >= 0.6 is 23.5 Å². The van der Waals surface area contributed by atoms with Gasteiger partial charge in [-0.3, -0.25) is 0 Å². The topological polar surface area (TPSA) is 58.6 Å². The molecule has 0 aromatic heterocycles. The van der Waals surface area contributed by atoms with Crippen LogP contribution in [0, 0.1) is 0 Å². The third-order valence-corrected chi connectivity index (χ3v) is 5.31. The highest BCUT2D eigenvalue weighted by Crippen LogP contribution is 2.45. The van der Waals surface area contributed by atoms with Crippen molar-refractivity contribution in [3.8, 4) is 0 Å². The van der Waals surface area contributed by atoms with Gasteiger partial charge in [0.1, 0.15) is 0 Å². The Morgan fingerprint density at radius 1 is 1.27 bits per heavy atom. The number of nitrogens with zero attached hydrogens (tertiary/aromatic N) is 1. The second-order valence-electron chi connectivity index (χ2n) is 3.18. The van der Waals surface area contributed by atoms with Gasteiger partial charge in [-0.05, 0) is 5.56 Å². The molecule has 1 saturated heterocycles. The third-order valence-electron chi connectivity index (χ3n) is 2.21. The first-order chi connectivity index (χ1) is 7.31. The van der Waals surface area contributed by atoms with Crippen LogP contribution in [0.2, 0.25) is 0 Å². The highest BCUT2D eigenvalue weighted by molar-refractivity contribution is 8.19. The Bertz CT molecular complexity index is 358. The van der Waals surface area contributed by atoms with E-state index < -0.39 is 0 Å². The smallest absolute Gasteiger partial charge is 0.170 e. The van der Waals surface area contributed by atoms with Crippen LogP contribution in [0.4, 0.5) is 0 Å². The zero-order valence-corrected chi connectivity index (χ0v) is 9.72. The average Bonchev–Trinajstić information content (AvgIpc) is 2.82. The van der Waals surface area contributed by atoms with Crippen molar-refractivity contribution >= 4 is 29.4 Å². The summed E-state index contributed by atoms with van der Waals surface area (Å²) in [5, 5.41) is 11.5. The Morgan fingerprint density at radius 3 is 2.40 bits per heavy atom. The quantitative estimate of drug-likeness (QED) is 0.360. The number of nitrogens with two attached hydrogens (primary N) is 1. The molecule has 1 aromatic rings. The molecule has 1 aliphatic rings. The molecule has 15 heavy (non-hydrogen) atoms. The maximum atomic E-state index is 8.52. The monoisotopic (exact) mass is 240 g/mol. The van der Waals surface area contributed by atoms with Crippen LogP contribution in [0.3, 0.4) is 0 Å². The zero-order chi connectivity index (χ0) is 10.7. The summed E-state index contributed by atoms with van der Waals surface area (Å²) < 4.78 is 0.548. The number of rotatable bonds is 2. The molecule has 0 aliphatic carbocycles. The van der Waals surface area contributed by atoms with Crippen LogP contribution in [0.25, 0.3) is 0 Å². The van der Waals surface area contributed by atoms with Gasteiger partial charge in [-0.15, -0.1) is 23.5 Å². The Balaban J connectivity index is 2.16. The number of hydrogen-bond donors (Lipinski definition) is 2. The molecule has 1 fully saturated rings. The summed E-state index contributed by atoms with van der Waals surface area (Å²) in [5.41, 5.74) is 7.55. The van der Waals surface area contributed by atoms with Crippen LogP contribution in [0.15, 0.2) is 29.4 Å². The summed E-state index contributed by atoms with van der Waals surface area (Å²) in [7, 11) is 0. The van der Waals surface area contributed by atoms with Gasteiger partial charge < -0.3 is 10.9 Å². The molecular formula is C10H12N2OS2. The summed E-state index contributed by atoms with van der Waals surface area (Å²) in [5.74, 6) is 2.60. The minimum absolute atomic E-state index is 0.160. The molecule has 0 amide bonds. The van der Waals surface area contributed by atoms with Crippen molar-refractivity contribution in [2.24, 2.45) is 10.9 Å². The van der Waals surface area contributed by atoms with Crippen molar-refractivity contribution in [1.29, 1.82) is 0 Å². The summed E-state index contributed by atoms with van der Waals surface area (Å²) in [4.78, 5) is 0. The minimum Gasteiger partial charge on any atom is -0.409 e. The van der Waals surface area contributed by atoms with Gasteiger partial charge >= 0.3 is 0 Å². The van der Waals surface area contributed by atoms with E-state index in [1.165, 1.54) is 17.1 Å². The van der Waals surface area contributed by atoms with Crippen LogP contribution in [0.5, 0.6) is 0 Å². The average molecular weight is 240 g/mol. The van der Waals surface area contributed by atoms with Crippen molar-refractivity contribution in [2.75, 3.05) is 11.5 Å². The molecule has 5 heteroatoms. The van der Waals surface area contributed by atoms with Gasteiger partial charge in [0.25, 0.3) is 0 Å². The second-order valence-corrected chi connectivity index (χ2v) is 5.91. The lowest BCUT2D eigenvalue weighted by Crippen LogP contribution is -2.12. The molecule has 0 bridgehead atoms. The van der Waals surface area contributed by atoms with E-state index >= 15 is 0 Å². The maximum absolute atomic E-state index is 8.52. The third kappa shape index (κ3) is 2.41. The molecule has 80 valence electrons. The number of oxime groups is 1. The van der Waals surface area contributed by atoms with Crippen molar-refractivity contribution in [3.05, 3.63) is 35.4 Å². The number of hydrogen-bond acceptors (Lipinski definition) is 4. The van der Waals surface area contributed by atoms with E-state index in [1.54, 1.807) is 0 Å². The number of benzene rings is 1. The number of thioether (sulfide) groups is 2. The van der Waals surface area contributed by atoms with E-state index in [9.17, 15) is 0 Å². The largest absolute Gasteiger partial charge is 0.409 e. The highest BCUT2D eigenvalue weighted by atomic mass is 32.2. The molecule has 1 aliphatic heterocycles. The lowest BCUT2D eigenvalue weighted by Gasteiger charge is -2.08. The van der Waals surface area contributed by atoms with Crippen LogP contribution in [-0.2, 0) is 0 Å². The van der Waals surface area contributed by atoms with Crippen LogP contribution in [0.1, 0.15) is 15.7 Å². The van der Waals surface area contributed by atoms with E-state index in [1.807, 2.05) is 47.8 Å². The van der Waals surface area contributed by atoms with Gasteiger partial charge in [-0.2, -0.15) is 0 Å². The van der Waals surface area contributed by atoms with Gasteiger partial charge in [-0.1, -0.05) is 29.4 Å². The van der Waals surface area contributed by atoms with Crippen molar-refractivity contribution in [2.45, 2.75) is 4.58 Å². The van der Waals surface area contributed by atoms with Crippen molar-refractivity contribution in [1.82, 2.24) is 0 Å². The molecule has 0 unspecified atom stereocenters. The molecular weight excluding hydrogens is 228 g/mol. The lowest BCUT2D eigenvalue weighted by molar-refractivity contribution is 0.318. The molecule has 2 rings (SSSR count). The Morgan fingerprint density at radius 2 is 1.87 bits per heavy atom. The molecule has 1 heterocycles. The molecule has 3 nitrogen and oxygen atoms in total. The summed E-state index contributed by atoms with van der Waals surface area (Å²) in [6.45, 7) is 0. The van der Waals surface area contributed by atoms with E-state index in [-0.39, 0.29) is 5.84 Å². The standard InChI is InChI=1S/C10H12N2OS2/c11-9(12-13)7-1-3-8(4-2-7)10-14-5-6-15-10/h1-4,10,13H,5-6H2,(H2,11,12). The minimum atomic E-state index is 0.160. The van der Waals surface area contributed by atoms with Crippen LogP contribution < -0.4 is 5.73 Å². The summed E-state index contributed by atoms with van der Waals surface area (Å²) in [6.07, 6.45) is 0. The molecule has 0 radical (unpaired) electrons. The van der Waals surface area contributed by atoms with Gasteiger partial charge in [0, 0.05) is 17.1 Å². The summed E-state index contributed by atoms with van der Waals surface area (Å²) >= 11 is 3.94. The molecule has 0 saturated carbocycles. The molecule has 3 N–H and O–H groups in total. The predicted molar refractivity (Wildman–Crippen MR) is 66.6 cm³/mol. The first-order valence-electron chi connectivity index (χ1n) is 4.62. The highest BCUT2D eigenvalue weighted by Gasteiger charge is 2.17. The second kappa shape index (κ2) is 4.81. The van der Waals surface area contributed by atoms with E-state index in [0.717, 1.165) is 5.56 Å². The Hall–Kier alpha value is -0.810. The maximum Gasteiger partial charge on any atom is 0.170 e. The Labute approximate surface area is 97.1 Å². The van der Waals surface area contributed by atoms with E-state index in [4.69, 9.17) is 10.9 Å². The van der Waals surface area contributed by atoms with Gasteiger partial charge in [0.05, 0.1) is 4.58 Å². The van der Waals surface area contributed by atoms with Crippen molar-refractivity contribution < 1.29 is 5.21 Å². The normalized spacial score (nSPS) is 18.3. The fourth-order valence-corrected chi connectivity index (χ4v) is 4.28. The predicted octanol–water partition coefficient (Wildman–Crippen LogP) is 2.26. The van der Waals surface area contributed by atoms with E-state index in [0.29, 0.717) is 4.58 Å². The number of amidine groups is 1. The molecule has 0 spiro atoms. The first kappa shape index (κ1) is 10.7. The van der Waals surface area contributed by atoms with Crippen molar-refractivity contribution in [3.63, 3.8) is 0 Å². The summed E-state index contributed by atoms with van der Waals surface area (Å²) in [6, 6.07) is 7.88. The first-order valence-corrected chi connectivity index (χ1v) is 6.72. The molecule has 1 aromatic carbocycles. The molecule has 0 atom stereocenters. The van der Waals surface area contributed by atoms with Gasteiger partial charge in [0.15, 0.2) is 5.84 Å².